The molecule has 1 fully saturated rings. The molecule has 6 heteroatoms. The molecule has 1 aliphatic rings. The van der Waals surface area contributed by atoms with Crippen LogP contribution in [0, 0.1) is 0 Å². The zero-order valence-electron chi connectivity index (χ0n) is 14.9. The maximum Gasteiger partial charge on any atom is 0.222 e. The molecular weight excluding hydrogens is 342 g/mol. The lowest BCUT2D eigenvalue weighted by Gasteiger charge is -2.24. The highest BCUT2D eigenvalue weighted by Gasteiger charge is 2.41. The zero-order valence-corrected chi connectivity index (χ0v) is 16.5. The molecule has 0 aromatic heterocycles. The number of aryl methyl sites for hydroxylation is 1. The molecule has 1 atom stereocenters. The molecule has 1 aromatic rings. The third-order valence-electron chi connectivity index (χ3n) is 4.58. The summed E-state index contributed by atoms with van der Waals surface area (Å²) in [4.78, 5) is 15.3. The minimum atomic E-state index is -3.21. The molecule has 1 unspecified atom stereocenters. The van der Waals surface area contributed by atoms with Gasteiger partial charge in [-0.15, -0.1) is 11.8 Å². The molecule has 0 spiro atoms. The van der Waals surface area contributed by atoms with Gasteiger partial charge in [-0.3, -0.25) is 4.79 Å². The van der Waals surface area contributed by atoms with Gasteiger partial charge in [0.2, 0.25) is 5.91 Å². The third-order valence-corrected chi connectivity index (χ3v) is 8.29. The summed E-state index contributed by atoms with van der Waals surface area (Å²) in [6.07, 6.45) is 3.71. The van der Waals surface area contributed by atoms with Gasteiger partial charge in [-0.25, -0.2) is 8.42 Å². The molecule has 0 saturated carbocycles. The van der Waals surface area contributed by atoms with Gasteiger partial charge in [0.15, 0.2) is 9.84 Å². The van der Waals surface area contributed by atoms with Gasteiger partial charge in [-0.2, -0.15) is 0 Å². The first-order valence-corrected chi connectivity index (χ1v) is 11.1. The van der Waals surface area contributed by atoms with Gasteiger partial charge in [-0.05, 0) is 57.6 Å². The van der Waals surface area contributed by atoms with Crippen molar-refractivity contribution in [1.82, 2.24) is 4.90 Å². The number of rotatable bonds is 5. The summed E-state index contributed by atoms with van der Waals surface area (Å²) in [5.74, 6) is 0.0514. The fourth-order valence-electron chi connectivity index (χ4n) is 2.91. The highest BCUT2D eigenvalue weighted by atomic mass is 32.2. The molecule has 134 valence electrons. The van der Waals surface area contributed by atoms with Crippen LogP contribution < -0.4 is 0 Å². The van der Waals surface area contributed by atoms with Gasteiger partial charge in [0.1, 0.15) is 0 Å². The predicted molar refractivity (Wildman–Crippen MR) is 100 cm³/mol. The van der Waals surface area contributed by atoms with E-state index in [0.29, 0.717) is 32.4 Å². The van der Waals surface area contributed by atoms with Crippen molar-refractivity contribution in [2.75, 3.05) is 19.3 Å². The second kappa shape index (κ2) is 7.48. The molecule has 0 radical (unpaired) electrons. The Kier molecular flexibility index (Phi) is 6.02. The van der Waals surface area contributed by atoms with Gasteiger partial charge in [0.05, 0.1) is 10.00 Å². The second-order valence-electron chi connectivity index (χ2n) is 7.26. The number of benzene rings is 1. The second-order valence-corrected chi connectivity index (χ2v) is 11.1. The SMILES string of the molecule is CSc1ccc(CCC(=O)N2CCC(S(=O)(=O)C(C)(C)C)C2)cc1. The van der Waals surface area contributed by atoms with Crippen molar-refractivity contribution in [2.45, 2.75) is 54.9 Å². The normalized spacial score (nSPS) is 18.8. The third kappa shape index (κ3) is 4.33. The fourth-order valence-corrected chi connectivity index (χ4v) is 5.11. The van der Waals surface area contributed by atoms with Crippen LogP contribution in [-0.2, 0) is 21.1 Å². The highest BCUT2D eigenvalue weighted by Crippen LogP contribution is 2.27. The van der Waals surface area contributed by atoms with Crippen LogP contribution in [0.1, 0.15) is 39.2 Å². The van der Waals surface area contributed by atoms with Crippen molar-refractivity contribution in [3.63, 3.8) is 0 Å². The number of sulfone groups is 1. The summed E-state index contributed by atoms with van der Waals surface area (Å²) >= 11 is 1.69. The monoisotopic (exact) mass is 369 g/mol. The Balaban J connectivity index is 1.90. The van der Waals surface area contributed by atoms with E-state index in [1.807, 2.05) is 6.26 Å². The van der Waals surface area contributed by atoms with E-state index in [1.165, 1.54) is 4.90 Å². The van der Waals surface area contributed by atoms with Crippen LogP contribution in [0.5, 0.6) is 0 Å². The molecule has 1 saturated heterocycles. The Bertz CT molecular complexity index is 675. The van der Waals surface area contributed by atoms with E-state index in [0.717, 1.165) is 5.56 Å². The van der Waals surface area contributed by atoms with Gasteiger partial charge in [0.25, 0.3) is 0 Å². The van der Waals surface area contributed by atoms with Crippen molar-refractivity contribution in [2.24, 2.45) is 0 Å². The molecule has 4 nitrogen and oxygen atoms in total. The van der Waals surface area contributed by atoms with Gasteiger partial charge >= 0.3 is 0 Å². The smallest absolute Gasteiger partial charge is 0.222 e. The average molecular weight is 370 g/mol. The maximum atomic E-state index is 12.5. The van der Waals surface area contributed by atoms with Crippen molar-refractivity contribution >= 4 is 27.5 Å². The lowest BCUT2D eigenvalue weighted by Crippen LogP contribution is -2.39. The number of nitrogens with zero attached hydrogens (tertiary/aromatic N) is 1. The van der Waals surface area contributed by atoms with Crippen molar-refractivity contribution in [3.8, 4) is 0 Å². The van der Waals surface area contributed by atoms with Crippen LogP contribution in [0.3, 0.4) is 0 Å². The number of carbonyl (C=O) groups is 1. The van der Waals surface area contributed by atoms with Crippen LogP contribution in [0.2, 0.25) is 0 Å². The molecule has 1 amide bonds. The Morgan fingerprint density at radius 1 is 1.25 bits per heavy atom. The summed E-state index contributed by atoms with van der Waals surface area (Å²) in [6, 6.07) is 8.23. The summed E-state index contributed by atoms with van der Waals surface area (Å²) in [5.41, 5.74) is 1.14. The van der Waals surface area contributed by atoms with Gasteiger partial charge in [-0.1, -0.05) is 12.1 Å². The molecule has 0 aliphatic carbocycles. The topological polar surface area (TPSA) is 54.5 Å². The number of hydrogen-bond acceptors (Lipinski definition) is 4. The van der Waals surface area contributed by atoms with Crippen LogP contribution in [-0.4, -0.2) is 48.6 Å². The summed E-state index contributed by atoms with van der Waals surface area (Å²) in [7, 11) is -3.21. The number of hydrogen-bond donors (Lipinski definition) is 0. The minimum Gasteiger partial charge on any atom is -0.341 e. The zero-order chi connectivity index (χ0) is 18.0. The van der Waals surface area contributed by atoms with E-state index in [9.17, 15) is 13.2 Å². The summed E-state index contributed by atoms with van der Waals surface area (Å²) < 4.78 is 24.3. The molecule has 1 aliphatic heterocycles. The van der Waals surface area contributed by atoms with E-state index < -0.39 is 19.8 Å². The lowest BCUT2D eigenvalue weighted by atomic mass is 10.1. The van der Waals surface area contributed by atoms with E-state index in [1.54, 1.807) is 37.4 Å². The van der Waals surface area contributed by atoms with Crippen molar-refractivity contribution in [1.29, 1.82) is 0 Å². The Morgan fingerprint density at radius 2 is 1.88 bits per heavy atom. The first-order valence-electron chi connectivity index (χ1n) is 8.29. The van der Waals surface area contributed by atoms with Gasteiger partial charge in [0, 0.05) is 24.4 Å². The number of carbonyl (C=O) groups excluding carboxylic acids is 1. The van der Waals surface area contributed by atoms with Crippen LogP contribution in [0.25, 0.3) is 0 Å². The van der Waals surface area contributed by atoms with Crippen LogP contribution in [0.15, 0.2) is 29.2 Å². The fraction of sp³-hybridized carbons (Fsp3) is 0.611. The van der Waals surface area contributed by atoms with E-state index in [-0.39, 0.29) is 5.91 Å². The molecule has 0 N–H and O–H groups in total. The minimum absolute atomic E-state index is 0.0514. The molecular formula is C18H27NO3S2. The van der Waals surface area contributed by atoms with Crippen molar-refractivity contribution in [3.05, 3.63) is 29.8 Å². The predicted octanol–water partition coefficient (Wildman–Crippen LogP) is 3.16. The van der Waals surface area contributed by atoms with Crippen LogP contribution in [0.4, 0.5) is 0 Å². The average Bonchev–Trinajstić information content (AvgIpc) is 3.02. The van der Waals surface area contributed by atoms with E-state index in [4.69, 9.17) is 0 Å². The quantitative estimate of drug-likeness (QED) is 0.748. The standard InChI is InChI=1S/C18H27NO3S2/c1-18(2,3)24(21,22)16-11-12-19(13-16)17(20)10-7-14-5-8-15(23-4)9-6-14/h5-6,8-9,16H,7,10-13H2,1-4H3. The van der Waals surface area contributed by atoms with E-state index >= 15 is 0 Å². The summed E-state index contributed by atoms with van der Waals surface area (Å²) in [6.45, 7) is 6.06. The first kappa shape index (κ1) is 19.3. The number of thioether (sulfide) groups is 1. The molecule has 1 aromatic carbocycles. The largest absolute Gasteiger partial charge is 0.341 e. The van der Waals surface area contributed by atoms with Crippen LogP contribution >= 0.6 is 11.8 Å². The highest BCUT2D eigenvalue weighted by molar-refractivity contribution is 7.98. The van der Waals surface area contributed by atoms with Gasteiger partial charge < -0.3 is 4.90 Å². The molecule has 0 bridgehead atoms. The molecule has 2 rings (SSSR count). The first-order chi connectivity index (χ1) is 11.1. The lowest BCUT2D eigenvalue weighted by molar-refractivity contribution is -0.130. The Hall–Kier alpha value is -1.01. The number of likely N-dealkylation sites (tertiary alicyclic amines) is 1. The summed E-state index contributed by atoms with van der Waals surface area (Å²) in [5, 5.41) is -0.428. The number of amides is 1. The van der Waals surface area contributed by atoms with E-state index in [2.05, 4.69) is 24.3 Å². The Labute approximate surface area is 149 Å². The molecule has 1 heterocycles. The maximum absolute atomic E-state index is 12.5. The molecule has 24 heavy (non-hydrogen) atoms. The van der Waals surface area contributed by atoms with Crippen molar-refractivity contribution < 1.29 is 13.2 Å². The Morgan fingerprint density at radius 3 is 2.42 bits per heavy atom.